The quantitative estimate of drug-likeness (QED) is 0.571. The van der Waals surface area contributed by atoms with E-state index < -0.39 is 35.3 Å². The van der Waals surface area contributed by atoms with Crippen LogP contribution in [0.3, 0.4) is 0 Å². The predicted octanol–water partition coefficient (Wildman–Crippen LogP) is -0.680. The van der Waals surface area contributed by atoms with E-state index in [0.29, 0.717) is 0 Å². The third-order valence-corrected chi connectivity index (χ3v) is 2.18. The zero-order valence-corrected chi connectivity index (χ0v) is 7.10. The third-order valence-electron chi connectivity index (χ3n) is 2.18. The van der Waals surface area contributed by atoms with Gasteiger partial charge in [-0.15, -0.1) is 0 Å². The van der Waals surface area contributed by atoms with Gasteiger partial charge in [0.15, 0.2) is 0 Å². The molecule has 14 heavy (non-hydrogen) atoms. The number of carbonyl (C=O) groups is 4. The summed E-state index contributed by atoms with van der Waals surface area (Å²) in [6, 6.07) is 0. The van der Waals surface area contributed by atoms with Gasteiger partial charge in [-0.05, 0) is 0 Å². The van der Waals surface area contributed by atoms with Crippen LogP contribution >= 0.6 is 0 Å². The number of carbonyl (C=O) groups excluding carboxylic acids is 2. The molecule has 6 nitrogen and oxygen atoms in total. The summed E-state index contributed by atoms with van der Waals surface area (Å²) in [5, 5.41) is 17.2. The second kappa shape index (κ2) is 3.57. The number of carboxylic acids is 2. The lowest BCUT2D eigenvalue weighted by atomic mass is 9.77. The highest BCUT2D eigenvalue weighted by Gasteiger charge is 2.46. The van der Waals surface area contributed by atoms with Crippen LogP contribution in [-0.4, -0.2) is 33.7 Å². The number of hydrogen-bond acceptors (Lipinski definition) is 4. The molecule has 0 aliphatic heterocycles. The van der Waals surface area contributed by atoms with E-state index in [2.05, 4.69) is 0 Å². The van der Waals surface area contributed by atoms with E-state index in [-0.39, 0.29) is 12.8 Å². The maximum atomic E-state index is 11.1. The first-order valence-electron chi connectivity index (χ1n) is 3.96. The van der Waals surface area contributed by atoms with Crippen LogP contribution in [-0.2, 0) is 19.2 Å². The molecule has 0 bridgehead atoms. The first kappa shape index (κ1) is 10.4. The molecule has 2 N–H and O–H groups in total. The van der Waals surface area contributed by atoms with Crippen LogP contribution in [0.15, 0.2) is 0 Å². The van der Waals surface area contributed by atoms with Gasteiger partial charge in [-0.3, -0.25) is 19.2 Å². The molecular formula is C8H8O6. The largest absolute Gasteiger partial charge is 0.481 e. The summed E-state index contributed by atoms with van der Waals surface area (Å²) in [6.07, 6.45) is -0.362. The molecule has 2 atom stereocenters. The lowest BCUT2D eigenvalue weighted by Crippen LogP contribution is -2.44. The average molecular weight is 200 g/mol. The lowest BCUT2D eigenvalue weighted by Gasteiger charge is -2.22. The van der Waals surface area contributed by atoms with Crippen molar-refractivity contribution in [2.75, 3.05) is 0 Å². The van der Waals surface area contributed by atoms with Crippen molar-refractivity contribution in [2.24, 2.45) is 11.8 Å². The molecule has 76 valence electrons. The number of rotatable bonds is 2. The zero-order valence-electron chi connectivity index (χ0n) is 7.10. The van der Waals surface area contributed by atoms with Crippen molar-refractivity contribution >= 4 is 23.5 Å². The molecule has 1 aliphatic carbocycles. The highest BCUT2D eigenvalue weighted by Crippen LogP contribution is 2.25. The van der Waals surface area contributed by atoms with Gasteiger partial charge in [0.1, 0.15) is 23.4 Å². The number of aliphatic carboxylic acids is 2. The molecule has 0 amide bonds. The van der Waals surface area contributed by atoms with Crippen molar-refractivity contribution in [3.63, 3.8) is 0 Å². The van der Waals surface area contributed by atoms with Gasteiger partial charge in [-0.2, -0.15) is 0 Å². The van der Waals surface area contributed by atoms with Gasteiger partial charge >= 0.3 is 11.9 Å². The van der Waals surface area contributed by atoms with Crippen molar-refractivity contribution in [3.8, 4) is 0 Å². The minimum Gasteiger partial charge on any atom is -0.481 e. The molecule has 0 aromatic rings. The number of carboxylic acid groups (broad SMARTS) is 2. The fourth-order valence-corrected chi connectivity index (χ4v) is 1.49. The van der Waals surface area contributed by atoms with Crippen molar-refractivity contribution in [1.82, 2.24) is 0 Å². The van der Waals surface area contributed by atoms with E-state index in [9.17, 15) is 19.2 Å². The standard InChI is InChI=1S/C8H8O6/c9-3-1-2-4(10)6(8(13)14)5(3)7(11)12/h5-6H,1-2H2,(H,11,12)(H,13,14)/t5-,6-/m0/s1. The number of Topliss-reactive ketones (excluding diaryl/α,β-unsaturated/α-hetero) is 2. The van der Waals surface area contributed by atoms with Crippen molar-refractivity contribution in [2.45, 2.75) is 12.8 Å². The lowest BCUT2D eigenvalue weighted by molar-refractivity contribution is -0.163. The summed E-state index contributed by atoms with van der Waals surface area (Å²) in [7, 11) is 0. The van der Waals surface area contributed by atoms with Crippen LogP contribution < -0.4 is 0 Å². The van der Waals surface area contributed by atoms with Crippen LogP contribution in [0.1, 0.15) is 12.8 Å². The van der Waals surface area contributed by atoms with Crippen LogP contribution in [0.25, 0.3) is 0 Å². The van der Waals surface area contributed by atoms with Crippen LogP contribution in [0.2, 0.25) is 0 Å². The molecule has 1 fully saturated rings. The highest BCUT2D eigenvalue weighted by molar-refractivity contribution is 6.13. The molecule has 0 unspecified atom stereocenters. The summed E-state index contributed by atoms with van der Waals surface area (Å²) in [5.74, 6) is -7.90. The molecule has 6 heteroatoms. The number of hydrogen-bond donors (Lipinski definition) is 2. The van der Waals surface area contributed by atoms with Gasteiger partial charge in [0.05, 0.1) is 0 Å². The molecule has 0 radical (unpaired) electrons. The van der Waals surface area contributed by atoms with Gasteiger partial charge in [-0.25, -0.2) is 0 Å². The minimum absolute atomic E-state index is 0.181. The Kier molecular flexibility index (Phi) is 2.64. The van der Waals surface area contributed by atoms with Gasteiger partial charge < -0.3 is 10.2 Å². The summed E-state index contributed by atoms with van der Waals surface area (Å²) < 4.78 is 0. The fourth-order valence-electron chi connectivity index (χ4n) is 1.49. The molecular weight excluding hydrogens is 192 g/mol. The van der Waals surface area contributed by atoms with Crippen molar-refractivity contribution < 1.29 is 29.4 Å². The molecule has 0 saturated heterocycles. The second-order valence-electron chi connectivity index (χ2n) is 3.06. The smallest absolute Gasteiger partial charge is 0.315 e. The van der Waals surface area contributed by atoms with Gasteiger partial charge in [0, 0.05) is 12.8 Å². The van der Waals surface area contributed by atoms with Crippen LogP contribution in [0.5, 0.6) is 0 Å². The molecule has 0 heterocycles. The maximum absolute atomic E-state index is 11.1. The predicted molar refractivity (Wildman–Crippen MR) is 41.5 cm³/mol. The van der Waals surface area contributed by atoms with E-state index >= 15 is 0 Å². The third kappa shape index (κ3) is 1.63. The highest BCUT2D eigenvalue weighted by atomic mass is 16.4. The molecule has 1 aliphatic rings. The average Bonchev–Trinajstić information content (AvgIpc) is 2.07. The number of ketones is 2. The van der Waals surface area contributed by atoms with Crippen LogP contribution in [0, 0.1) is 11.8 Å². The van der Waals surface area contributed by atoms with Gasteiger partial charge in [0.2, 0.25) is 0 Å². The van der Waals surface area contributed by atoms with Crippen molar-refractivity contribution in [1.29, 1.82) is 0 Å². The minimum atomic E-state index is -1.71. The first-order valence-corrected chi connectivity index (χ1v) is 3.96. The molecule has 1 saturated carbocycles. The molecule has 1 rings (SSSR count). The SMILES string of the molecule is O=C(O)[C@H]1C(=O)CCC(=O)[C@@H]1C(=O)O. The van der Waals surface area contributed by atoms with E-state index in [1.165, 1.54) is 0 Å². The monoisotopic (exact) mass is 200 g/mol. The molecule has 0 aromatic carbocycles. The Labute approximate surface area is 78.5 Å². The molecule has 0 aromatic heterocycles. The maximum Gasteiger partial charge on any atom is 0.315 e. The van der Waals surface area contributed by atoms with E-state index in [1.807, 2.05) is 0 Å². The van der Waals surface area contributed by atoms with Gasteiger partial charge in [0.25, 0.3) is 0 Å². The Morgan fingerprint density at radius 3 is 1.43 bits per heavy atom. The fraction of sp³-hybridized carbons (Fsp3) is 0.500. The van der Waals surface area contributed by atoms with Crippen LogP contribution in [0.4, 0.5) is 0 Å². The normalized spacial score (nSPS) is 27.4. The van der Waals surface area contributed by atoms with Gasteiger partial charge in [-0.1, -0.05) is 0 Å². The van der Waals surface area contributed by atoms with Crippen molar-refractivity contribution in [3.05, 3.63) is 0 Å². The first-order chi connectivity index (χ1) is 6.45. The zero-order chi connectivity index (χ0) is 10.9. The summed E-state index contributed by atoms with van der Waals surface area (Å²) in [4.78, 5) is 43.4. The second-order valence-corrected chi connectivity index (χ2v) is 3.06. The van der Waals surface area contributed by atoms with E-state index in [0.717, 1.165) is 0 Å². The Morgan fingerprint density at radius 2 is 1.21 bits per heavy atom. The molecule has 0 spiro atoms. The Bertz CT molecular complexity index is 286. The Morgan fingerprint density at radius 1 is 0.929 bits per heavy atom. The van der Waals surface area contributed by atoms with E-state index in [1.54, 1.807) is 0 Å². The Balaban J connectivity index is 3.04. The summed E-state index contributed by atoms with van der Waals surface area (Å²) in [6.45, 7) is 0. The summed E-state index contributed by atoms with van der Waals surface area (Å²) >= 11 is 0. The van der Waals surface area contributed by atoms with E-state index in [4.69, 9.17) is 10.2 Å². The Hall–Kier alpha value is -1.72. The summed E-state index contributed by atoms with van der Waals surface area (Å²) in [5.41, 5.74) is 0. The topological polar surface area (TPSA) is 109 Å².